The summed E-state index contributed by atoms with van der Waals surface area (Å²) >= 11 is 0. The summed E-state index contributed by atoms with van der Waals surface area (Å²) in [5.41, 5.74) is 2.35. The Labute approximate surface area is 86.5 Å². The molecule has 76 valence electrons. The molecule has 1 N–H and O–H groups in total. The Hall–Kier alpha value is -1.00. The van der Waals surface area contributed by atoms with Crippen LogP contribution < -0.4 is 0 Å². The summed E-state index contributed by atoms with van der Waals surface area (Å²) in [7, 11) is 0. The van der Waals surface area contributed by atoms with Crippen molar-refractivity contribution in [3.8, 4) is 12.3 Å². The molecule has 1 nitrogen and oxygen atoms in total. The van der Waals surface area contributed by atoms with Gasteiger partial charge >= 0.3 is 0 Å². The lowest BCUT2D eigenvalue weighted by atomic mass is 9.83. The first-order valence-corrected chi connectivity index (χ1v) is 5.11. The van der Waals surface area contributed by atoms with Crippen LogP contribution in [0.2, 0.25) is 0 Å². The predicted molar refractivity (Wildman–Crippen MR) is 59.7 cm³/mol. The molecule has 1 aliphatic rings. The first kappa shape index (κ1) is 11.1. The zero-order chi connectivity index (χ0) is 10.6. The monoisotopic (exact) mass is 190 g/mol. The third-order valence-electron chi connectivity index (χ3n) is 2.88. The summed E-state index contributed by atoms with van der Waals surface area (Å²) in [6.07, 6.45) is 10.4. The van der Waals surface area contributed by atoms with Crippen LogP contribution in [-0.2, 0) is 0 Å². The van der Waals surface area contributed by atoms with E-state index in [2.05, 4.69) is 25.5 Å². The highest BCUT2D eigenvalue weighted by Gasteiger charge is 2.18. The molecule has 1 unspecified atom stereocenters. The van der Waals surface area contributed by atoms with Crippen LogP contribution in [0.3, 0.4) is 0 Å². The van der Waals surface area contributed by atoms with Crippen molar-refractivity contribution in [1.29, 1.82) is 0 Å². The molecule has 14 heavy (non-hydrogen) atoms. The molecule has 0 saturated heterocycles. The van der Waals surface area contributed by atoms with Gasteiger partial charge in [0.05, 0.1) is 6.10 Å². The molecule has 0 aromatic heterocycles. The predicted octanol–water partition coefficient (Wildman–Crippen LogP) is 2.67. The van der Waals surface area contributed by atoms with E-state index in [0.29, 0.717) is 12.3 Å². The third kappa shape index (κ3) is 2.75. The highest BCUT2D eigenvalue weighted by molar-refractivity contribution is 5.17. The highest BCUT2D eigenvalue weighted by atomic mass is 16.3. The lowest BCUT2D eigenvalue weighted by Gasteiger charge is -2.24. The van der Waals surface area contributed by atoms with Crippen LogP contribution >= 0.6 is 0 Å². The molecule has 0 aromatic carbocycles. The number of allylic oxidation sites excluding steroid dienone is 2. The lowest BCUT2D eigenvalue weighted by Crippen LogP contribution is -2.15. The SMILES string of the molecule is C#CCC(O)C1=CC[C@@H](C(=C)C)CC1. The van der Waals surface area contributed by atoms with E-state index < -0.39 is 6.10 Å². The van der Waals surface area contributed by atoms with Gasteiger partial charge in [-0.3, -0.25) is 0 Å². The number of rotatable bonds is 3. The molecule has 1 heteroatoms. The van der Waals surface area contributed by atoms with E-state index in [9.17, 15) is 5.11 Å². The van der Waals surface area contributed by atoms with Crippen molar-refractivity contribution in [3.63, 3.8) is 0 Å². The Kier molecular flexibility index (Phi) is 3.98. The molecule has 0 aliphatic heterocycles. The summed E-state index contributed by atoms with van der Waals surface area (Å²) < 4.78 is 0. The first-order valence-electron chi connectivity index (χ1n) is 5.11. The van der Waals surface area contributed by atoms with E-state index in [0.717, 1.165) is 24.8 Å². The van der Waals surface area contributed by atoms with E-state index in [4.69, 9.17) is 6.42 Å². The van der Waals surface area contributed by atoms with Crippen LogP contribution in [0.1, 0.15) is 32.6 Å². The molecule has 0 bridgehead atoms. The van der Waals surface area contributed by atoms with Gasteiger partial charge in [0.15, 0.2) is 0 Å². The second-order valence-electron chi connectivity index (χ2n) is 4.02. The van der Waals surface area contributed by atoms with E-state index in [1.807, 2.05) is 0 Å². The number of hydrogen-bond acceptors (Lipinski definition) is 1. The van der Waals surface area contributed by atoms with Crippen molar-refractivity contribution in [2.24, 2.45) is 5.92 Å². The van der Waals surface area contributed by atoms with Gasteiger partial charge in [0.2, 0.25) is 0 Å². The fourth-order valence-electron chi connectivity index (χ4n) is 1.85. The second kappa shape index (κ2) is 5.02. The average molecular weight is 190 g/mol. The van der Waals surface area contributed by atoms with Gasteiger partial charge in [0, 0.05) is 6.42 Å². The molecular weight excluding hydrogens is 172 g/mol. The number of terminal acetylenes is 1. The van der Waals surface area contributed by atoms with Crippen molar-refractivity contribution in [2.45, 2.75) is 38.7 Å². The Morgan fingerprint density at radius 2 is 2.57 bits per heavy atom. The lowest BCUT2D eigenvalue weighted by molar-refractivity contribution is 0.208. The third-order valence-corrected chi connectivity index (χ3v) is 2.88. The Balaban J connectivity index is 2.53. The van der Waals surface area contributed by atoms with Gasteiger partial charge in [-0.1, -0.05) is 18.2 Å². The van der Waals surface area contributed by atoms with Crippen LogP contribution in [-0.4, -0.2) is 11.2 Å². The van der Waals surface area contributed by atoms with Gasteiger partial charge in [0.25, 0.3) is 0 Å². The van der Waals surface area contributed by atoms with E-state index in [1.54, 1.807) is 0 Å². The molecule has 0 heterocycles. The standard InChI is InChI=1S/C13H18O/c1-4-5-13(14)12-8-6-11(7-9-12)10(2)3/h1,8,11,13-14H,2,5-7,9H2,3H3/t11-,13?/m1/s1. The molecule has 0 saturated carbocycles. The molecule has 0 spiro atoms. The quantitative estimate of drug-likeness (QED) is 0.536. The highest BCUT2D eigenvalue weighted by Crippen LogP contribution is 2.30. The maximum absolute atomic E-state index is 9.67. The van der Waals surface area contributed by atoms with Gasteiger partial charge in [-0.2, -0.15) is 0 Å². The largest absolute Gasteiger partial charge is 0.388 e. The van der Waals surface area contributed by atoms with Gasteiger partial charge in [0.1, 0.15) is 0 Å². The molecule has 1 aliphatic carbocycles. The smallest absolute Gasteiger partial charge is 0.0859 e. The van der Waals surface area contributed by atoms with Crippen molar-refractivity contribution in [1.82, 2.24) is 0 Å². The fourth-order valence-corrected chi connectivity index (χ4v) is 1.85. The molecule has 0 radical (unpaired) electrons. The zero-order valence-corrected chi connectivity index (χ0v) is 8.79. The number of aliphatic hydroxyl groups excluding tert-OH is 1. The molecule has 2 atom stereocenters. The Morgan fingerprint density at radius 3 is 3.00 bits per heavy atom. The van der Waals surface area contributed by atoms with E-state index in [1.165, 1.54) is 5.57 Å². The summed E-state index contributed by atoms with van der Waals surface area (Å²) in [6, 6.07) is 0. The normalized spacial score (nSPS) is 23.5. The summed E-state index contributed by atoms with van der Waals surface area (Å²) in [6.45, 7) is 6.03. The minimum Gasteiger partial charge on any atom is -0.388 e. The van der Waals surface area contributed by atoms with Gasteiger partial charge in [-0.05, 0) is 37.7 Å². The van der Waals surface area contributed by atoms with Crippen molar-refractivity contribution in [3.05, 3.63) is 23.8 Å². The summed E-state index contributed by atoms with van der Waals surface area (Å²) in [5, 5.41) is 9.67. The minimum atomic E-state index is -0.425. The van der Waals surface area contributed by atoms with Crippen LogP contribution in [0, 0.1) is 18.3 Å². The summed E-state index contributed by atoms with van der Waals surface area (Å²) in [4.78, 5) is 0. The zero-order valence-electron chi connectivity index (χ0n) is 8.79. The van der Waals surface area contributed by atoms with Crippen molar-refractivity contribution in [2.75, 3.05) is 0 Å². The van der Waals surface area contributed by atoms with Gasteiger partial charge in [-0.15, -0.1) is 12.3 Å². The van der Waals surface area contributed by atoms with E-state index >= 15 is 0 Å². The van der Waals surface area contributed by atoms with Gasteiger partial charge in [-0.25, -0.2) is 0 Å². The average Bonchev–Trinajstić information content (AvgIpc) is 2.18. The van der Waals surface area contributed by atoms with E-state index in [-0.39, 0.29) is 0 Å². The molecule has 0 aromatic rings. The van der Waals surface area contributed by atoms with Crippen LogP contribution in [0.25, 0.3) is 0 Å². The Morgan fingerprint density at radius 1 is 1.86 bits per heavy atom. The van der Waals surface area contributed by atoms with Crippen molar-refractivity contribution < 1.29 is 5.11 Å². The summed E-state index contributed by atoms with van der Waals surface area (Å²) in [5.74, 6) is 3.08. The topological polar surface area (TPSA) is 20.2 Å². The maximum Gasteiger partial charge on any atom is 0.0859 e. The van der Waals surface area contributed by atoms with Crippen LogP contribution in [0.5, 0.6) is 0 Å². The van der Waals surface area contributed by atoms with Crippen LogP contribution in [0.15, 0.2) is 23.8 Å². The molecular formula is C13H18O. The number of aliphatic hydroxyl groups is 1. The fraction of sp³-hybridized carbons (Fsp3) is 0.538. The molecule has 1 rings (SSSR count). The number of hydrogen-bond donors (Lipinski definition) is 1. The second-order valence-corrected chi connectivity index (χ2v) is 4.02. The minimum absolute atomic E-state index is 0.425. The Bertz CT molecular complexity index is 280. The molecule has 0 fully saturated rings. The maximum atomic E-state index is 9.67. The van der Waals surface area contributed by atoms with Crippen LogP contribution in [0.4, 0.5) is 0 Å². The van der Waals surface area contributed by atoms with Crippen molar-refractivity contribution >= 4 is 0 Å². The first-order chi connectivity index (χ1) is 6.65. The van der Waals surface area contributed by atoms with Gasteiger partial charge < -0.3 is 5.11 Å². The molecule has 0 amide bonds.